The third-order valence-corrected chi connectivity index (χ3v) is 6.17. The van der Waals surface area contributed by atoms with Gasteiger partial charge in [0.15, 0.2) is 0 Å². The van der Waals surface area contributed by atoms with Crippen LogP contribution < -0.4 is 10.6 Å². The van der Waals surface area contributed by atoms with E-state index in [-0.39, 0.29) is 23.7 Å². The highest BCUT2D eigenvalue weighted by molar-refractivity contribution is 5.96. The fourth-order valence-corrected chi connectivity index (χ4v) is 3.98. The van der Waals surface area contributed by atoms with Crippen molar-refractivity contribution in [2.45, 2.75) is 66.2 Å². The van der Waals surface area contributed by atoms with E-state index in [1.807, 2.05) is 24.3 Å². The summed E-state index contributed by atoms with van der Waals surface area (Å²) < 4.78 is 0. The summed E-state index contributed by atoms with van der Waals surface area (Å²) in [5, 5.41) is 6.04. The quantitative estimate of drug-likeness (QED) is 0.543. The molecule has 2 aliphatic rings. The van der Waals surface area contributed by atoms with Crippen molar-refractivity contribution in [2.75, 3.05) is 10.6 Å². The third kappa shape index (κ3) is 6.08. The van der Waals surface area contributed by atoms with Crippen molar-refractivity contribution in [1.29, 1.82) is 0 Å². The topological polar surface area (TPSA) is 58.2 Å². The minimum absolute atomic E-state index is 0.136. The average Bonchev–Trinajstić information content (AvgIpc) is 3.53. The molecule has 2 aliphatic carbocycles. The molecule has 3 rings (SSSR count). The summed E-state index contributed by atoms with van der Waals surface area (Å²) in [5.74, 6) is 3.15. The maximum atomic E-state index is 12.4. The molecule has 1 aromatic rings. The van der Waals surface area contributed by atoms with Crippen molar-refractivity contribution >= 4 is 23.2 Å². The monoisotopic (exact) mass is 384 g/mol. The number of carbonyl (C=O) groups excluding carboxylic acids is 2. The van der Waals surface area contributed by atoms with Gasteiger partial charge in [0.1, 0.15) is 0 Å². The molecule has 28 heavy (non-hydrogen) atoms. The fraction of sp³-hybridized carbons (Fsp3) is 0.667. The van der Waals surface area contributed by atoms with Crippen LogP contribution in [0.1, 0.15) is 66.2 Å². The first kappa shape index (κ1) is 20.9. The highest BCUT2D eigenvalue weighted by Crippen LogP contribution is 2.44. The molecule has 2 N–H and O–H groups in total. The number of rotatable bonds is 10. The van der Waals surface area contributed by atoms with Crippen LogP contribution in [0.15, 0.2) is 24.3 Å². The van der Waals surface area contributed by atoms with Crippen LogP contribution in [0.2, 0.25) is 0 Å². The lowest BCUT2D eigenvalue weighted by atomic mass is 10.0. The Bertz CT molecular complexity index is 621. The second-order valence-corrected chi connectivity index (χ2v) is 9.70. The van der Waals surface area contributed by atoms with Crippen LogP contribution in [0.25, 0.3) is 0 Å². The summed E-state index contributed by atoms with van der Waals surface area (Å²) >= 11 is 0. The van der Waals surface area contributed by atoms with Gasteiger partial charge >= 0.3 is 0 Å². The summed E-state index contributed by atoms with van der Waals surface area (Å²) in [5.41, 5.74) is 1.61. The first-order valence-electron chi connectivity index (χ1n) is 11.0. The van der Waals surface area contributed by atoms with E-state index >= 15 is 0 Å². The minimum Gasteiger partial charge on any atom is -0.326 e. The van der Waals surface area contributed by atoms with Gasteiger partial charge in [0.2, 0.25) is 11.8 Å². The minimum atomic E-state index is 0.136. The molecule has 0 aliphatic heterocycles. The highest BCUT2D eigenvalue weighted by Gasteiger charge is 2.43. The molecule has 0 saturated heterocycles. The van der Waals surface area contributed by atoms with Gasteiger partial charge in [-0.2, -0.15) is 0 Å². The van der Waals surface area contributed by atoms with E-state index < -0.39 is 0 Å². The van der Waals surface area contributed by atoms with Crippen LogP contribution in [-0.2, 0) is 9.59 Å². The molecule has 0 radical (unpaired) electrons. The molecule has 4 heteroatoms. The van der Waals surface area contributed by atoms with Gasteiger partial charge < -0.3 is 10.6 Å². The summed E-state index contributed by atoms with van der Waals surface area (Å²) in [7, 11) is 0. The Morgan fingerprint density at radius 1 is 0.786 bits per heavy atom. The van der Waals surface area contributed by atoms with Crippen molar-refractivity contribution in [1.82, 2.24) is 0 Å². The molecule has 0 heterocycles. The predicted octanol–water partition coefficient (Wildman–Crippen LogP) is 5.71. The van der Waals surface area contributed by atoms with Gasteiger partial charge in [-0.15, -0.1) is 0 Å². The van der Waals surface area contributed by atoms with E-state index in [0.717, 1.165) is 37.1 Å². The second kappa shape index (κ2) is 9.11. The average molecular weight is 385 g/mol. The Kier molecular flexibility index (Phi) is 6.79. The van der Waals surface area contributed by atoms with E-state index in [1.54, 1.807) is 0 Å². The summed E-state index contributed by atoms with van der Waals surface area (Å²) in [4.78, 5) is 24.7. The lowest BCUT2D eigenvalue weighted by molar-refractivity contribution is -0.118. The molecule has 1 aromatic carbocycles. The Morgan fingerprint density at radius 2 is 1.14 bits per heavy atom. The van der Waals surface area contributed by atoms with Crippen molar-refractivity contribution in [2.24, 2.45) is 35.5 Å². The molecular formula is C24H36N2O2. The SMILES string of the molecule is CC(C)CCC1CC1C(=O)Nc1ccc(NC(=O)C2CC2CCC(C)C)cc1. The molecule has 4 unspecified atom stereocenters. The van der Waals surface area contributed by atoms with Crippen LogP contribution >= 0.6 is 0 Å². The first-order valence-corrected chi connectivity index (χ1v) is 11.0. The molecule has 0 bridgehead atoms. The van der Waals surface area contributed by atoms with E-state index in [0.29, 0.717) is 23.7 Å². The fourth-order valence-electron chi connectivity index (χ4n) is 3.98. The van der Waals surface area contributed by atoms with Gasteiger partial charge in [0, 0.05) is 23.2 Å². The summed E-state index contributed by atoms with van der Waals surface area (Å²) in [6, 6.07) is 7.51. The van der Waals surface area contributed by atoms with E-state index in [9.17, 15) is 9.59 Å². The van der Waals surface area contributed by atoms with Gasteiger partial charge in [-0.3, -0.25) is 9.59 Å². The molecule has 0 spiro atoms. The Balaban J connectivity index is 1.39. The van der Waals surface area contributed by atoms with Crippen molar-refractivity contribution in [3.63, 3.8) is 0 Å². The normalized spacial score (nSPS) is 25.6. The van der Waals surface area contributed by atoms with Gasteiger partial charge in [-0.1, -0.05) is 40.5 Å². The predicted molar refractivity (Wildman–Crippen MR) is 115 cm³/mol. The van der Waals surface area contributed by atoms with Gasteiger partial charge in [-0.05, 0) is 73.6 Å². The molecule has 154 valence electrons. The van der Waals surface area contributed by atoms with Gasteiger partial charge in [0.25, 0.3) is 0 Å². The zero-order valence-electron chi connectivity index (χ0n) is 17.8. The smallest absolute Gasteiger partial charge is 0.227 e. The van der Waals surface area contributed by atoms with Crippen LogP contribution in [-0.4, -0.2) is 11.8 Å². The van der Waals surface area contributed by atoms with Crippen LogP contribution in [0.4, 0.5) is 11.4 Å². The Hall–Kier alpha value is -1.84. The molecule has 0 aromatic heterocycles. The van der Waals surface area contributed by atoms with E-state index in [2.05, 4.69) is 38.3 Å². The standard InChI is InChI=1S/C24H36N2O2/c1-15(2)5-7-17-13-21(17)23(27)25-19-9-11-20(12-10-19)26-24(28)22-14-18(22)8-6-16(3)4/h9-12,15-18,21-22H,5-8,13-14H2,1-4H3,(H,25,27)(H,26,28). The van der Waals surface area contributed by atoms with Crippen LogP contribution in [0.5, 0.6) is 0 Å². The lowest BCUT2D eigenvalue weighted by Gasteiger charge is -2.09. The number of anilines is 2. The first-order chi connectivity index (χ1) is 13.3. The van der Waals surface area contributed by atoms with E-state index in [1.165, 1.54) is 12.8 Å². The number of nitrogens with one attached hydrogen (secondary N) is 2. The van der Waals surface area contributed by atoms with Crippen molar-refractivity contribution < 1.29 is 9.59 Å². The zero-order valence-corrected chi connectivity index (χ0v) is 17.8. The molecule has 2 saturated carbocycles. The molecule has 2 fully saturated rings. The maximum absolute atomic E-state index is 12.4. The van der Waals surface area contributed by atoms with Crippen molar-refractivity contribution in [3.05, 3.63) is 24.3 Å². The largest absolute Gasteiger partial charge is 0.326 e. The summed E-state index contributed by atoms with van der Waals surface area (Å²) in [6.07, 6.45) is 6.74. The Morgan fingerprint density at radius 3 is 1.46 bits per heavy atom. The van der Waals surface area contributed by atoms with Crippen molar-refractivity contribution in [3.8, 4) is 0 Å². The van der Waals surface area contributed by atoms with Gasteiger partial charge in [0.05, 0.1) is 0 Å². The van der Waals surface area contributed by atoms with Gasteiger partial charge in [-0.25, -0.2) is 0 Å². The van der Waals surface area contributed by atoms with E-state index in [4.69, 9.17) is 0 Å². The third-order valence-electron chi connectivity index (χ3n) is 6.17. The molecule has 4 nitrogen and oxygen atoms in total. The highest BCUT2D eigenvalue weighted by atomic mass is 16.2. The number of hydrogen-bond donors (Lipinski definition) is 2. The summed E-state index contributed by atoms with van der Waals surface area (Å²) in [6.45, 7) is 8.92. The Labute approximate surface area is 169 Å². The number of hydrogen-bond acceptors (Lipinski definition) is 2. The molecular weight excluding hydrogens is 348 g/mol. The zero-order chi connectivity index (χ0) is 20.3. The van der Waals surface area contributed by atoms with Crippen LogP contribution in [0.3, 0.4) is 0 Å². The number of amides is 2. The second-order valence-electron chi connectivity index (χ2n) is 9.70. The number of carbonyl (C=O) groups is 2. The number of benzene rings is 1. The molecule has 2 amide bonds. The molecule has 4 atom stereocenters. The maximum Gasteiger partial charge on any atom is 0.227 e. The van der Waals surface area contributed by atoms with Crippen LogP contribution in [0, 0.1) is 35.5 Å². The lowest BCUT2D eigenvalue weighted by Crippen LogP contribution is -2.16.